The molecule has 25 heavy (non-hydrogen) atoms. The van der Waals surface area contributed by atoms with Crippen molar-refractivity contribution >= 4 is 20.2 Å². The molecule has 2 N–H and O–H groups in total. The largest absolute Gasteiger partial charge is 0.387 e. The van der Waals surface area contributed by atoms with Gasteiger partial charge in [-0.25, -0.2) is 0 Å². The molecule has 0 radical (unpaired) electrons. The highest BCUT2D eigenvalue weighted by Crippen LogP contribution is 2.33. The van der Waals surface area contributed by atoms with Gasteiger partial charge in [0.15, 0.2) is 0 Å². The summed E-state index contributed by atoms with van der Waals surface area (Å²) in [6.07, 6.45) is -1.47. The molecule has 0 amide bonds. The molecule has 2 aliphatic rings. The van der Waals surface area contributed by atoms with E-state index in [1.54, 1.807) is 0 Å². The highest BCUT2D eigenvalue weighted by molar-refractivity contribution is 7.87. The summed E-state index contributed by atoms with van der Waals surface area (Å²) in [5, 5.41) is 18.6. The van der Waals surface area contributed by atoms with E-state index in [1.165, 1.54) is 24.3 Å². The van der Waals surface area contributed by atoms with Gasteiger partial charge in [0.1, 0.15) is 10.5 Å². The number of hydrogen-bond donors (Lipinski definition) is 2. The zero-order chi connectivity index (χ0) is 18.2. The molecule has 1 aromatic carbocycles. The minimum atomic E-state index is -3.82. The summed E-state index contributed by atoms with van der Waals surface area (Å²) in [4.78, 5) is 0. The quantitative estimate of drug-likeness (QED) is 0.704. The van der Waals surface area contributed by atoms with Crippen molar-refractivity contribution in [2.45, 2.75) is 42.0 Å². The first kappa shape index (κ1) is 18.7. The first-order valence-corrected chi connectivity index (χ1v) is 10.9. The van der Waals surface area contributed by atoms with Crippen LogP contribution in [-0.4, -0.2) is 50.8 Å². The van der Waals surface area contributed by atoms with Crippen molar-refractivity contribution in [3.8, 4) is 0 Å². The summed E-state index contributed by atoms with van der Waals surface area (Å²) in [5.74, 6) is 0. The number of aliphatic hydroxyl groups is 2. The van der Waals surface area contributed by atoms with Crippen LogP contribution < -0.4 is 0 Å². The van der Waals surface area contributed by atoms with Gasteiger partial charge in [-0.3, -0.25) is 8.37 Å². The first-order chi connectivity index (χ1) is 11.7. The smallest absolute Gasteiger partial charge is 0.273 e. The van der Waals surface area contributed by atoms with E-state index in [0.717, 1.165) is 0 Å². The van der Waals surface area contributed by atoms with E-state index < -0.39 is 42.9 Å². The first-order valence-electron chi connectivity index (χ1n) is 7.95. The Morgan fingerprint density at radius 1 is 0.800 bits per heavy atom. The number of hydrogen-bond acceptors (Lipinski definition) is 8. The van der Waals surface area contributed by atoms with Crippen LogP contribution in [0.25, 0.3) is 0 Å². The molecule has 0 aromatic heterocycles. The third kappa shape index (κ3) is 3.74. The molecule has 3 rings (SSSR count). The molecule has 140 valence electrons. The summed E-state index contributed by atoms with van der Waals surface area (Å²) < 4.78 is 56.7. The SMILES string of the molecule is O=S1(=O)OCCCC1C(O)c1ccc(C(O)C2CCOS2(=O)=O)cc1. The number of aliphatic hydroxyl groups excluding tert-OH is 2. The maximum absolute atomic E-state index is 11.9. The van der Waals surface area contributed by atoms with Crippen LogP contribution in [0.15, 0.2) is 24.3 Å². The lowest BCUT2D eigenvalue weighted by molar-refractivity contribution is 0.144. The van der Waals surface area contributed by atoms with E-state index in [0.29, 0.717) is 24.0 Å². The van der Waals surface area contributed by atoms with E-state index in [1.807, 2.05) is 0 Å². The van der Waals surface area contributed by atoms with Gasteiger partial charge in [0.2, 0.25) is 0 Å². The second-order valence-corrected chi connectivity index (χ2v) is 9.85. The minimum absolute atomic E-state index is 0.0421. The number of rotatable bonds is 4. The fourth-order valence-electron chi connectivity index (χ4n) is 3.15. The van der Waals surface area contributed by atoms with Gasteiger partial charge >= 0.3 is 0 Å². The van der Waals surface area contributed by atoms with Crippen LogP contribution in [0.3, 0.4) is 0 Å². The van der Waals surface area contributed by atoms with Gasteiger partial charge in [-0.05, 0) is 30.4 Å². The molecule has 0 spiro atoms. The lowest BCUT2D eigenvalue weighted by atomic mass is 9.98. The molecule has 10 heteroatoms. The van der Waals surface area contributed by atoms with Gasteiger partial charge in [0.05, 0.1) is 25.4 Å². The molecule has 0 aliphatic carbocycles. The van der Waals surface area contributed by atoms with Crippen molar-refractivity contribution in [3.05, 3.63) is 35.4 Å². The Hall–Kier alpha value is -1.04. The van der Waals surface area contributed by atoms with Gasteiger partial charge < -0.3 is 10.2 Å². The van der Waals surface area contributed by atoms with Crippen molar-refractivity contribution in [2.75, 3.05) is 13.2 Å². The van der Waals surface area contributed by atoms with Crippen molar-refractivity contribution < 1.29 is 35.4 Å². The molecule has 2 fully saturated rings. The lowest BCUT2D eigenvalue weighted by Crippen LogP contribution is -2.34. The Kier molecular flexibility index (Phi) is 5.20. The Labute approximate surface area is 146 Å². The second-order valence-electron chi connectivity index (χ2n) is 6.19. The highest BCUT2D eigenvalue weighted by Gasteiger charge is 2.40. The maximum Gasteiger partial charge on any atom is 0.273 e. The molecule has 2 saturated heterocycles. The van der Waals surface area contributed by atoms with E-state index in [9.17, 15) is 27.0 Å². The topological polar surface area (TPSA) is 127 Å². The van der Waals surface area contributed by atoms with Crippen LogP contribution in [0, 0.1) is 0 Å². The molecule has 2 aliphatic heterocycles. The fourth-order valence-corrected chi connectivity index (χ4v) is 5.97. The van der Waals surface area contributed by atoms with Crippen LogP contribution in [-0.2, 0) is 28.6 Å². The molecule has 4 atom stereocenters. The van der Waals surface area contributed by atoms with Crippen LogP contribution in [0.4, 0.5) is 0 Å². The fraction of sp³-hybridized carbons (Fsp3) is 0.600. The van der Waals surface area contributed by atoms with E-state index in [2.05, 4.69) is 4.18 Å². The Balaban J connectivity index is 1.78. The predicted octanol–water partition coefficient (Wildman–Crippen LogP) is 0.381. The minimum Gasteiger partial charge on any atom is -0.387 e. The third-order valence-corrected chi connectivity index (χ3v) is 8.06. The lowest BCUT2D eigenvalue weighted by Gasteiger charge is -2.26. The molecule has 8 nitrogen and oxygen atoms in total. The van der Waals surface area contributed by atoms with Crippen molar-refractivity contribution in [1.29, 1.82) is 0 Å². The van der Waals surface area contributed by atoms with Crippen molar-refractivity contribution in [1.82, 2.24) is 0 Å². The molecular weight excluding hydrogens is 372 g/mol. The summed E-state index contributed by atoms with van der Waals surface area (Å²) >= 11 is 0. The Morgan fingerprint density at radius 3 is 1.64 bits per heavy atom. The third-order valence-electron chi connectivity index (χ3n) is 4.60. The van der Waals surface area contributed by atoms with Crippen LogP contribution in [0.1, 0.15) is 42.6 Å². The molecule has 1 aromatic rings. The van der Waals surface area contributed by atoms with Gasteiger partial charge in [-0.1, -0.05) is 24.3 Å². The van der Waals surface area contributed by atoms with Gasteiger partial charge in [-0.2, -0.15) is 16.8 Å². The average molecular weight is 392 g/mol. The van der Waals surface area contributed by atoms with Gasteiger partial charge in [0.25, 0.3) is 20.2 Å². The molecule has 0 bridgehead atoms. The van der Waals surface area contributed by atoms with Crippen LogP contribution >= 0.6 is 0 Å². The predicted molar refractivity (Wildman–Crippen MR) is 87.5 cm³/mol. The standard InChI is InChI=1S/C15H20O8S2/c16-14(12-2-1-8-22-24(12,18)19)10-3-5-11(6-4-10)15(17)13-7-9-23-25(13,20)21/h3-6,12-17H,1-2,7-9H2. The molecule has 2 heterocycles. The summed E-state index contributed by atoms with van der Waals surface area (Å²) in [6.45, 7) is 0.162. The summed E-state index contributed by atoms with van der Waals surface area (Å²) in [7, 11) is -7.61. The van der Waals surface area contributed by atoms with Gasteiger partial charge in [0, 0.05) is 0 Å². The molecular formula is C15H20O8S2. The molecule has 0 saturated carbocycles. The van der Waals surface area contributed by atoms with Gasteiger partial charge in [-0.15, -0.1) is 0 Å². The number of benzene rings is 1. The monoisotopic (exact) mass is 392 g/mol. The van der Waals surface area contributed by atoms with E-state index in [-0.39, 0.29) is 19.6 Å². The highest BCUT2D eigenvalue weighted by atomic mass is 32.2. The zero-order valence-electron chi connectivity index (χ0n) is 13.3. The Morgan fingerprint density at radius 2 is 1.24 bits per heavy atom. The Bertz CT molecular complexity index is 816. The second kappa shape index (κ2) is 6.93. The maximum atomic E-state index is 11.9. The average Bonchev–Trinajstić information content (AvgIpc) is 2.92. The van der Waals surface area contributed by atoms with Crippen molar-refractivity contribution in [2.24, 2.45) is 0 Å². The summed E-state index contributed by atoms with van der Waals surface area (Å²) in [6, 6.07) is 5.92. The van der Waals surface area contributed by atoms with Crippen molar-refractivity contribution in [3.63, 3.8) is 0 Å². The zero-order valence-corrected chi connectivity index (χ0v) is 14.9. The van der Waals surface area contributed by atoms with Crippen LogP contribution in [0.5, 0.6) is 0 Å². The normalized spacial score (nSPS) is 30.6. The summed E-state index contributed by atoms with van der Waals surface area (Å²) in [5.41, 5.74) is 0.721. The van der Waals surface area contributed by atoms with E-state index >= 15 is 0 Å². The van der Waals surface area contributed by atoms with Crippen LogP contribution in [0.2, 0.25) is 0 Å². The molecule has 4 unspecified atom stereocenters. The van der Waals surface area contributed by atoms with E-state index in [4.69, 9.17) is 4.18 Å².